The zero-order valence-corrected chi connectivity index (χ0v) is 12.7. The quantitative estimate of drug-likeness (QED) is 0.822. The predicted molar refractivity (Wildman–Crippen MR) is 78.8 cm³/mol. The highest BCUT2D eigenvalue weighted by molar-refractivity contribution is 7.88. The van der Waals surface area contributed by atoms with Crippen molar-refractivity contribution < 1.29 is 13.2 Å². The molecule has 0 radical (unpaired) electrons. The molecule has 0 bridgehead atoms. The minimum atomic E-state index is -3.32. The number of nitrogens with one attached hydrogen (secondary N) is 2. The Morgan fingerprint density at radius 1 is 1.25 bits per heavy atom. The minimum Gasteiger partial charge on any atom is -0.377 e. The van der Waals surface area contributed by atoms with Gasteiger partial charge in [0.25, 0.3) is 0 Å². The molecule has 2 atom stereocenters. The molecule has 0 aliphatic carbocycles. The van der Waals surface area contributed by atoms with Crippen LogP contribution in [0.5, 0.6) is 0 Å². The van der Waals surface area contributed by atoms with Gasteiger partial charge in [-0.15, -0.1) is 0 Å². The van der Waals surface area contributed by atoms with Gasteiger partial charge in [-0.25, -0.2) is 13.1 Å². The molecule has 20 heavy (non-hydrogen) atoms. The van der Waals surface area contributed by atoms with Crippen LogP contribution in [0.15, 0.2) is 24.3 Å². The number of rotatable bonds is 6. The van der Waals surface area contributed by atoms with Crippen molar-refractivity contribution in [1.82, 2.24) is 10.0 Å². The molecular weight excluding hydrogens is 276 g/mol. The number of sulfonamides is 1. The molecule has 112 valence electrons. The lowest BCUT2D eigenvalue weighted by Gasteiger charge is -2.16. The molecule has 1 fully saturated rings. The van der Waals surface area contributed by atoms with Crippen LogP contribution in [0, 0.1) is 0 Å². The van der Waals surface area contributed by atoms with E-state index in [1.807, 2.05) is 38.2 Å². The Kier molecular flexibility index (Phi) is 5.15. The second-order valence-electron chi connectivity index (χ2n) is 5.19. The van der Waals surface area contributed by atoms with E-state index in [4.69, 9.17) is 4.74 Å². The molecule has 5 nitrogen and oxygen atoms in total. The lowest BCUT2D eigenvalue weighted by Crippen LogP contribution is -2.39. The average Bonchev–Trinajstić information content (AvgIpc) is 2.77. The molecule has 0 saturated carbocycles. The summed E-state index contributed by atoms with van der Waals surface area (Å²) in [6.45, 7) is 3.29. The minimum absolute atomic E-state index is 0.00997. The summed E-state index contributed by atoms with van der Waals surface area (Å²) in [6, 6.07) is 7.51. The van der Waals surface area contributed by atoms with Gasteiger partial charge < -0.3 is 10.1 Å². The SMILES string of the molecule is CNCc1ccc(CS(=O)(=O)NC2CCOC2C)cc1. The maximum absolute atomic E-state index is 12.1. The van der Waals surface area contributed by atoms with E-state index in [0.717, 1.165) is 24.1 Å². The summed E-state index contributed by atoms with van der Waals surface area (Å²) >= 11 is 0. The third-order valence-corrected chi connectivity index (χ3v) is 4.84. The smallest absolute Gasteiger partial charge is 0.216 e. The second-order valence-corrected chi connectivity index (χ2v) is 6.95. The average molecular weight is 298 g/mol. The molecule has 2 rings (SSSR count). The monoisotopic (exact) mass is 298 g/mol. The summed E-state index contributed by atoms with van der Waals surface area (Å²) in [5, 5.41) is 3.06. The fraction of sp³-hybridized carbons (Fsp3) is 0.571. The summed E-state index contributed by atoms with van der Waals surface area (Å²) in [5.74, 6) is 0.00997. The number of hydrogen-bond donors (Lipinski definition) is 2. The van der Waals surface area contributed by atoms with Crippen molar-refractivity contribution in [2.45, 2.75) is 37.8 Å². The lowest BCUT2D eigenvalue weighted by molar-refractivity contribution is 0.117. The molecule has 0 aromatic heterocycles. The lowest BCUT2D eigenvalue weighted by atomic mass is 10.1. The Labute approximate surface area is 120 Å². The van der Waals surface area contributed by atoms with Crippen molar-refractivity contribution in [1.29, 1.82) is 0 Å². The van der Waals surface area contributed by atoms with Crippen LogP contribution in [-0.4, -0.2) is 34.2 Å². The molecule has 0 spiro atoms. The van der Waals surface area contributed by atoms with Crippen molar-refractivity contribution in [3.05, 3.63) is 35.4 Å². The molecule has 1 aliphatic heterocycles. The number of ether oxygens (including phenoxy) is 1. The highest BCUT2D eigenvalue weighted by atomic mass is 32.2. The third kappa shape index (κ3) is 4.28. The van der Waals surface area contributed by atoms with E-state index in [1.54, 1.807) is 0 Å². The molecule has 1 saturated heterocycles. The number of hydrogen-bond acceptors (Lipinski definition) is 4. The highest BCUT2D eigenvalue weighted by Crippen LogP contribution is 2.15. The van der Waals surface area contributed by atoms with E-state index in [1.165, 1.54) is 0 Å². The van der Waals surface area contributed by atoms with Gasteiger partial charge >= 0.3 is 0 Å². The van der Waals surface area contributed by atoms with Crippen molar-refractivity contribution in [3.63, 3.8) is 0 Å². The van der Waals surface area contributed by atoms with Gasteiger partial charge in [0.15, 0.2) is 0 Å². The summed E-state index contributed by atoms with van der Waals surface area (Å²) in [4.78, 5) is 0. The van der Waals surface area contributed by atoms with Gasteiger partial charge in [0.1, 0.15) is 0 Å². The van der Waals surface area contributed by atoms with Gasteiger partial charge in [-0.3, -0.25) is 0 Å². The van der Waals surface area contributed by atoms with Crippen LogP contribution in [0.25, 0.3) is 0 Å². The predicted octanol–water partition coefficient (Wildman–Crippen LogP) is 1.00. The molecule has 6 heteroatoms. The van der Waals surface area contributed by atoms with Crippen LogP contribution in [-0.2, 0) is 27.1 Å². The molecule has 1 aliphatic rings. The van der Waals surface area contributed by atoms with Crippen molar-refractivity contribution in [2.75, 3.05) is 13.7 Å². The fourth-order valence-corrected chi connectivity index (χ4v) is 3.82. The Morgan fingerprint density at radius 3 is 2.45 bits per heavy atom. The molecular formula is C14H22N2O3S. The first kappa shape index (κ1) is 15.4. The van der Waals surface area contributed by atoms with E-state index in [0.29, 0.717) is 6.61 Å². The van der Waals surface area contributed by atoms with E-state index in [-0.39, 0.29) is 17.9 Å². The second kappa shape index (κ2) is 6.67. The Balaban J connectivity index is 1.97. The molecule has 2 N–H and O–H groups in total. The molecule has 1 aromatic rings. The van der Waals surface area contributed by atoms with E-state index in [9.17, 15) is 8.42 Å². The van der Waals surface area contributed by atoms with Crippen molar-refractivity contribution in [3.8, 4) is 0 Å². The zero-order chi connectivity index (χ0) is 14.6. The van der Waals surface area contributed by atoms with E-state index < -0.39 is 10.0 Å². The van der Waals surface area contributed by atoms with Crippen LogP contribution in [0.4, 0.5) is 0 Å². The van der Waals surface area contributed by atoms with Crippen molar-refractivity contribution in [2.24, 2.45) is 0 Å². The van der Waals surface area contributed by atoms with Crippen LogP contribution in [0.2, 0.25) is 0 Å². The third-order valence-electron chi connectivity index (χ3n) is 3.47. The van der Waals surface area contributed by atoms with Crippen LogP contribution >= 0.6 is 0 Å². The Hall–Kier alpha value is -0.950. The van der Waals surface area contributed by atoms with Gasteiger partial charge in [0.05, 0.1) is 11.9 Å². The normalized spacial score (nSPS) is 23.1. The summed E-state index contributed by atoms with van der Waals surface area (Å²) in [5.41, 5.74) is 1.93. The van der Waals surface area contributed by atoms with E-state index >= 15 is 0 Å². The largest absolute Gasteiger partial charge is 0.377 e. The zero-order valence-electron chi connectivity index (χ0n) is 11.9. The Bertz CT molecular complexity index is 528. The summed E-state index contributed by atoms with van der Waals surface area (Å²) < 4.78 is 32.4. The van der Waals surface area contributed by atoms with Crippen molar-refractivity contribution >= 4 is 10.0 Å². The highest BCUT2D eigenvalue weighted by Gasteiger charge is 2.28. The van der Waals surface area contributed by atoms with Gasteiger partial charge in [-0.1, -0.05) is 24.3 Å². The maximum Gasteiger partial charge on any atom is 0.216 e. The van der Waals surface area contributed by atoms with Gasteiger partial charge in [-0.05, 0) is 31.5 Å². The first-order valence-corrected chi connectivity index (χ1v) is 8.49. The molecule has 1 heterocycles. The van der Waals surface area contributed by atoms with Gasteiger partial charge in [0, 0.05) is 19.2 Å². The first-order chi connectivity index (χ1) is 9.50. The van der Waals surface area contributed by atoms with Gasteiger partial charge in [-0.2, -0.15) is 0 Å². The number of benzene rings is 1. The Morgan fingerprint density at radius 2 is 1.90 bits per heavy atom. The topological polar surface area (TPSA) is 67.4 Å². The summed E-state index contributed by atoms with van der Waals surface area (Å²) in [6.07, 6.45) is 0.685. The first-order valence-electron chi connectivity index (χ1n) is 6.84. The molecule has 0 amide bonds. The summed E-state index contributed by atoms with van der Waals surface area (Å²) in [7, 11) is -1.44. The van der Waals surface area contributed by atoms with Crippen LogP contribution < -0.4 is 10.0 Å². The maximum atomic E-state index is 12.1. The standard InChI is InChI=1S/C14H22N2O3S/c1-11-14(7-8-19-11)16-20(17,18)10-13-5-3-12(4-6-13)9-15-2/h3-6,11,14-16H,7-10H2,1-2H3. The molecule has 2 unspecified atom stereocenters. The van der Waals surface area contributed by atoms with Crippen LogP contribution in [0.3, 0.4) is 0 Å². The van der Waals surface area contributed by atoms with Gasteiger partial charge in [0.2, 0.25) is 10.0 Å². The van der Waals surface area contributed by atoms with E-state index in [2.05, 4.69) is 10.0 Å². The van der Waals surface area contributed by atoms with Crippen LogP contribution in [0.1, 0.15) is 24.5 Å². The fourth-order valence-electron chi connectivity index (χ4n) is 2.34. The molecule has 1 aromatic carbocycles.